The number of nitrogens with two attached hydrogens (primary N) is 1. The Hall–Kier alpha value is -1.33. The lowest BCUT2D eigenvalue weighted by molar-refractivity contribution is 0.460. The second-order valence-corrected chi connectivity index (χ2v) is 5.49. The lowest BCUT2D eigenvalue weighted by Crippen LogP contribution is -2.24. The van der Waals surface area contributed by atoms with Crippen molar-refractivity contribution in [3.05, 3.63) is 27.8 Å². The van der Waals surface area contributed by atoms with E-state index in [4.69, 9.17) is 5.73 Å². The van der Waals surface area contributed by atoms with E-state index in [9.17, 15) is 0 Å². The Morgan fingerprint density at radius 3 is 3.06 bits per heavy atom. The van der Waals surface area contributed by atoms with Crippen LogP contribution < -0.4 is 5.73 Å². The Labute approximate surface area is 110 Å². The maximum atomic E-state index is 5.77. The van der Waals surface area contributed by atoms with Crippen molar-refractivity contribution in [2.45, 2.75) is 26.2 Å². The minimum atomic E-state index is 0.588. The molecule has 0 aromatic carbocycles. The van der Waals surface area contributed by atoms with Gasteiger partial charge in [0.05, 0.1) is 5.51 Å². The predicted molar refractivity (Wildman–Crippen MR) is 72.4 cm³/mol. The van der Waals surface area contributed by atoms with Gasteiger partial charge in [0, 0.05) is 16.8 Å². The van der Waals surface area contributed by atoms with Gasteiger partial charge in [-0.15, -0.1) is 11.3 Å². The SMILES string of the molecule is Cc1nc(-c2cscn2)nc2c1CC(CN)CC2. The van der Waals surface area contributed by atoms with Crippen LogP contribution in [0.5, 0.6) is 0 Å². The van der Waals surface area contributed by atoms with Gasteiger partial charge in [-0.1, -0.05) is 0 Å². The Balaban J connectivity index is 2.01. The molecule has 18 heavy (non-hydrogen) atoms. The quantitative estimate of drug-likeness (QED) is 0.896. The molecule has 2 heterocycles. The summed E-state index contributed by atoms with van der Waals surface area (Å²) >= 11 is 1.57. The lowest BCUT2D eigenvalue weighted by Gasteiger charge is -2.24. The van der Waals surface area contributed by atoms with Gasteiger partial charge >= 0.3 is 0 Å². The van der Waals surface area contributed by atoms with E-state index in [1.165, 1.54) is 11.3 Å². The van der Waals surface area contributed by atoms with Gasteiger partial charge < -0.3 is 5.73 Å². The van der Waals surface area contributed by atoms with Crippen molar-refractivity contribution < 1.29 is 0 Å². The standard InChI is InChI=1S/C13H16N4S/c1-8-10-4-9(5-14)2-3-11(10)17-13(16-8)12-6-18-7-15-12/h6-7,9H,2-5,14H2,1H3. The van der Waals surface area contributed by atoms with E-state index in [2.05, 4.69) is 21.9 Å². The largest absolute Gasteiger partial charge is 0.330 e. The molecular formula is C13H16N4S. The summed E-state index contributed by atoms with van der Waals surface area (Å²) in [6.07, 6.45) is 3.17. The molecule has 1 atom stereocenters. The first kappa shape index (κ1) is 11.7. The smallest absolute Gasteiger partial charge is 0.179 e. The molecule has 0 radical (unpaired) electrons. The van der Waals surface area contributed by atoms with Crippen LogP contribution in [-0.2, 0) is 12.8 Å². The molecule has 0 bridgehead atoms. The second-order valence-electron chi connectivity index (χ2n) is 4.78. The monoisotopic (exact) mass is 260 g/mol. The van der Waals surface area contributed by atoms with Gasteiger partial charge in [-0.2, -0.15) is 0 Å². The first-order valence-electron chi connectivity index (χ1n) is 6.23. The summed E-state index contributed by atoms with van der Waals surface area (Å²) in [5.41, 5.74) is 12.0. The zero-order valence-electron chi connectivity index (χ0n) is 10.4. The summed E-state index contributed by atoms with van der Waals surface area (Å²) in [4.78, 5) is 13.5. The Kier molecular flexibility index (Phi) is 3.09. The number of nitrogens with zero attached hydrogens (tertiary/aromatic N) is 3. The average Bonchev–Trinajstić information content (AvgIpc) is 2.92. The summed E-state index contributed by atoms with van der Waals surface area (Å²) in [7, 11) is 0. The number of hydrogen-bond donors (Lipinski definition) is 1. The summed E-state index contributed by atoms with van der Waals surface area (Å²) in [5.74, 6) is 1.35. The highest BCUT2D eigenvalue weighted by atomic mass is 32.1. The van der Waals surface area contributed by atoms with Crippen LogP contribution in [0.1, 0.15) is 23.4 Å². The van der Waals surface area contributed by atoms with Crippen LogP contribution in [0.4, 0.5) is 0 Å². The highest BCUT2D eigenvalue weighted by molar-refractivity contribution is 7.07. The van der Waals surface area contributed by atoms with Crippen LogP contribution in [-0.4, -0.2) is 21.5 Å². The van der Waals surface area contributed by atoms with Crippen LogP contribution in [0.3, 0.4) is 0 Å². The molecule has 0 saturated heterocycles. The third-order valence-electron chi connectivity index (χ3n) is 3.58. The molecule has 1 aliphatic rings. The van der Waals surface area contributed by atoms with Gasteiger partial charge in [-0.25, -0.2) is 15.0 Å². The van der Waals surface area contributed by atoms with Crippen LogP contribution in [0.15, 0.2) is 10.9 Å². The minimum absolute atomic E-state index is 0.588. The number of fused-ring (bicyclic) bond motifs is 1. The van der Waals surface area contributed by atoms with Crippen molar-refractivity contribution in [2.75, 3.05) is 6.54 Å². The third kappa shape index (κ3) is 2.04. The predicted octanol–water partition coefficient (Wildman–Crippen LogP) is 1.97. The van der Waals surface area contributed by atoms with Gasteiger partial charge in [0.1, 0.15) is 5.69 Å². The normalized spacial score (nSPS) is 18.7. The molecule has 5 heteroatoms. The zero-order valence-corrected chi connectivity index (χ0v) is 11.2. The highest BCUT2D eigenvalue weighted by Gasteiger charge is 2.22. The molecule has 0 fully saturated rings. The minimum Gasteiger partial charge on any atom is -0.330 e. The zero-order chi connectivity index (χ0) is 12.5. The molecule has 4 nitrogen and oxygen atoms in total. The number of thiazole rings is 1. The van der Waals surface area contributed by atoms with E-state index >= 15 is 0 Å². The first-order chi connectivity index (χ1) is 8.78. The van der Waals surface area contributed by atoms with Crippen molar-refractivity contribution in [3.63, 3.8) is 0 Å². The van der Waals surface area contributed by atoms with Gasteiger partial charge in [0.25, 0.3) is 0 Å². The Bertz CT molecular complexity index is 550. The molecule has 0 aliphatic heterocycles. The molecule has 0 spiro atoms. The average molecular weight is 260 g/mol. The van der Waals surface area contributed by atoms with Crippen molar-refractivity contribution in [3.8, 4) is 11.5 Å². The molecule has 0 amide bonds. The van der Waals surface area contributed by atoms with Crippen LogP contribution in [0.2, 0.25) is 0 Å². The molecule has 2 aromatic heterocycles. The summed E-state index contributed by atoms with van der Waals surface area (Å²) in [6, 6.07) is 0. The van der Waals surface area contributed by atoms with Crippen LogP contribution in [0.25, 0.3) is 11.5 Å². The Morgan fingerprint density at radius 2 is 2.33 bits per heavy atom. The molecule has 2 aromatic rings. The second kappa shape index (κ2) is 4.74. The fourth-order valence-electron chi connectivity index (χ4n) is 2.50. The Morgan fingerprint density at radius 1 is 1.44 bits per heavy atom. The fourth-order valence-corrected chi connectivity index (χ4v) is 3.03. The van der Waals surface area contributed by atoms with Gasteiger partial charge in [-0.05, 0) is 44.2 Å². The third-order valence-corrected chi connectivity index (χ3v) is 4.16. The van der Waals surface area contributed by atoms with Gasteiger partial charge in [0.15, 0.2) is 5.82 Å². The van der Waals surface area contributed by atoms with E-state index in [-0.39, 0.29) is 0 Å². The molecule has 1 unspecified atom stereocenters. The molecule has 1 aliphatic carbocycles. The summed E-state index contributed by atoms with van der Waals surface area (Å²) in [5, 5.41) is 1.99. The number of rotatable bonds is 2. The van der Waals surface area contributed by atoms with Crippen LogP contribution >= 0.6 is 11.3 Å². The van der Waals surface area contributed by atoms with Crippen molar-refractivity contribution in [1.82, 2.24) is 15.0 Å². The number of aryl methyl sites for hydroxylation is 2. The van der Waals surface area contributed by atoms with E-state index in [1.54, 1.807) is 11.3 Å². The summed E-state index contributed by atoms with van der Waals surface area (Å²) in [6.45, 7) is 2.82. The van der Waals surface area contributed by atoms with Gasteiger partial charge in [-0.3, -0.25) is 0 Å². The molecule has 0 saturated carbocycles. The maximum Gasteiger partial charge on any atom is 0.179 e. The number of hydrogen-bond acceptors (Lipinski definition) is 5. The molecule has 2 N–H and O–H groups in total. The highest BCUT2D eigenvalue weighted by Crippen LogP contribution is 2.27. The fraction of sp³-hybridized carbons (Fsp3) is 0.462. The molecular weight excluding hydrogens is 244 g/mol. The van der Waals surface area contributed by atoms with Crippen molar-refractivity contribution in [1.29, 1.82) is 0 Å². The van der Waals surface area contributed by atoms with E-state index in [0.29, 0.717) is 5.92 Å². The van der Waals surface area contributed by atoms with E-state index < -0.39 is 0 Å². The van der Waals surface area contributed by atoms with Gasteiger partial charge in [0.2, 0.25) is 0 Å². The van der Waals surface area contributed by atoms with E-state index in [0.717, 1.165) is 43.0 Å². The van der Waals surface area contributed by atoms with Crippen molar-refractivity contribution >= 4 is 11.3 Å². The van der Waals surface area contributed by atoms with Crippen LogP contribution in [0, 0.1) is 12.8 Å². The number of aromatic nitrogens is 3. The summed E-state index contributed by atoms with van der Waals surface area (Å²) < 4.78 is 0. The molecule has 94 valence electrons. The maximum absolute atomic E-state index is 5.77. The van der Waals surface area contributed by atoms with E-state index in [1.807, 2.05) is 10.9 Å². The first-order valence-corrected chi connectivity index (χ1v) is 7.17. The lowest BCUT2D eigenvalue weighted by atomic mass is 9.86. The molecule has 3 rings (SSSR count). The van der Waals surface area contributed by atoms with Crippen molar-refractivity contribution in [2.24, 2.45) is 11.7 Å². The topological polar surface area (TPSA) is 64.7 Å².